The number of amides is 3. The van der Waals surface area contributed by atoms with Crippen LogP contribution in [0.2, 0.25) is 0 Å². The topological polar surface area (TPSA) is 98.7 Å². The SMILES string of the molecule is CC[C@@H](C)[C@@H](NC(=O)N1CC(=O)Nc2ccccc21)C(=O)O. The van der Waals surface area contributed by atoms with Crippen molar-refractivity contribution in [3.05, 3.63) is 24.3 Å². The first kappa shape index (κ1) is 15.8. The van der Waals surface area contributed by atoms with Crippen LogP contribution in [0, 0.1) is 5.92 Å². The zero-order valence-electron chi connectivity index (χ0n) is 12.5. The van der Waals surface area contributed by atoms with Gasteiger partial charge in [0.2, 0.25) is 5.91 Å². The Labute approximate surface area is 128 Å². The van der Waals surface area contributed by atoms with Crippen molar-refractivity contribution in [2.45, 2.75) is 26.3 Å². The van der Waals surface area contributed by atoms with Gasteiger partial charge in [0, 0.05) is 0 Å². The maximum Gasteiger partial charge on any atom is 0.326 e. The Morgan fingerprint density at radius 3 is 2.73 bits per heavy atom. The highest BCUT2D eigenvalue weighted by Gasteiger charge is 2.31. The molecule has 7 heteroatoms. The molecular formula is C15H19N3O4. The molecule has 0 bridgehead atoms. The second-order valence-corrected chi connectivity index (χ2v) is 5.30. The van der Waals surface area contributed by atoms with Gasteiger partial charge in [0.05, 0.1) is 11.4 Å². The third-order valence-electron chi connectivity index (χ3n) is 3.77. The van der Waals surface area contributed by atoms with Crippen LogP contribution in [-0.2, 0) is 9.59 Å². The molecule has 22 heavy (non-hydrogen) atoms. The lowest BCUT2D eigenvalue weighted by molar-refractivity contribution is -0.140. The first-order valence-corrected chi connectivity index (χ1v) is 7.13. The van der Waals surface area contributed by atoms with Crippen molar-refractivity contribution < 1.29 is 19.5 Å². The summed E-state index contributed by atoms with van der Waals surface area (Å²) in [5, 5.41) is 14.4. The molecule has 2 atom stereocenters. The van der Waals surface area contributed by atoms with Crippen LogP contribution in [0.15, 0.2) is 24.3 Å². The summed E-state index contributed by atoms with van der Waals surface area (Å²) in [4.78, 5) is 36.7. The predicted molar refractivity (Wildman–Crippen MR) is 81.8 cm³/mol. The zero-order chi connectivity index (χ0) is 16.3. The van der Waals surface area contributed by atoms with Crippen LogP contribution in [0.5, 0.6) is 0 Å². The molecule has 3 N–H and O–H groups in total. The highest BCUT2D eigenvalue weighted by atomic mass is 16.4. The number of anilines is 2. The lowest BCUT2D eigenvalue weighted by Crippen LogP contribution is -2.53. The molecule has 0 fully saturated rings. The number of urea groups is 1. The van der Waals surface area contributed by atoms with Crippen LogP contribution in [0.3, 0.4) is 0 Å². The number of para-hydroxylation sites is 2. The monoisotopic (exact) mass is 305 g/mol. The molecule has 0 aromatic heterocycles. The minimum atomic E-state index is -1.09. The van der Waals surface area contributed by atoms with E-state index < -0.39 is 18.0 Å². The molecule has 0 aliphatic carbocycles. The Bertz CT molecular complexity index is 602. The lowest BCUT2D eigenvalue weighted by Gasteiger charge is -2.31. The minimum absolute atomic E-state index is 0.143. The summed E-state index contributed by atoms with van der Waals surface area (Å²) in [5.41, 5.74) is 1.08. The second kappa shape index (κ2) is 6.46. The Balaban J connectivity index is 2.22. The number of carbonyl (C=O) groups is 3. The number of fused-ring (bicyclic) bond motifs is 1. The smallest absolute Gasteiger partial charge is 0.326 e. The molecule has 1 aromatic rings. The molecule has 7 nitrogen and oxygen atoms in total. The maximum atomic E-state index is 12.4. The summed E-state index contributed by atoms with van der Waals surface area (Å²) in [6.45, 7) is 3.47. The highest BCUT2D eigenvalue weighted by Crippen LogP contribution is 2.28. The summed E-state index contributed by atoms with van der Waals surface area (Å²) in [7, 11) is 0. The summed E-state index contributed by atoms with van der Waals surface area (Å²) < 4.78 is 0. The van der Waals surface area contributed by atoms with Gasteiger partial charge >= 0.3 is 12.0 Å². The number of carboxylic acids is 1. The molecule has 0 radical (unpaired) electrons. The van der Waals surface area contributed by atoms with E-state index in [4.69, 9.17) is 0 Å². The fourth-order valence-electron chi connectivity index (χ4n) is 2.31. The largest absolute Gasteiger partial charge is 0.480 e. The Morgan fingerprint density at radius 2 is 2.09 bits per heavy atom. The summed E-state index contributed by atoms with van der Waals surface area (Å²) in [5.74, 6) is -1.61. The van der Waals surface area contributed by atoms with Gasteiger partial charge in [-0.05, 0) is 18.1 Å². The highest BCUT2D eigenvalue weighted by molar-refractivity contribution is 6.09. The van der Waals surface area contributed by atoms with Crippen LogP contribution in [0.25, 0.3) is 0 Å². The number of benzene rings is 1. The van der Waals surface area contributed by atoms with Gasteiger partial charge in [-0.1, -0.05) is 32.4 Å². The number of nitrogens with one attached hydrogen (secondary N) is 2. The van der Waals surface area contributed by atoms with Gasteiger partial charge in [0.25, 0.3) is 0 Å². The first-order chi connectivity index (χ1) is 10.4. The summed E-state index contributed by atoms with van der Waals surface area (Å²) >= 11 is 0. The average Bonchev–Trinajstić information content (AvgIpc) is 2.50. The van der Waals surface area contributed by atoms with Crippen LogP contribution in [-0.4, -0.2) is 35.6 Å². The number of hydrogen-bond acceptors (Lipinski definition) is 3. The molecule has 1 aliphatic heterocycles. The molecule has 1 aromatic carbocycles. The summed E-state index contributed by atoms with van der Waals surface area (Å²) in [6, 6.07) is 5.31. The Morgan fingerprint density at radius 1 is 1.41 bits per heavy atom. The third kappa shape index (κ3) is 3.19. The van der Waals surface area contributed by atoms with Crippen molar-refractivity contribution in [2.75, 3.05) is 16.8 Å². The van der Waals surface area contributed by atoms with Gasteiger partial charge in [-0.3, -0.25) is 9.69 Å². The minimum Gasteiger partial charge on any atom is -0.480 e. The van der Waals surface area contributed by atoms with Crippen LogP contribution < -0.4 is 15.5 Å². The number of carboxylic acid groups (broad SMARTS) is 1. The molecule has 1 aliphatic rings. The molecule has 2 rings (SSSR count). The zero-order valence-corrected chi connectivity index (χ0v) is 12.5. The van der Waals surface area contributed by atoms with E-state index in [0.717, 1.165) is 0 Å². The lowest BCUT2D eigenvalue weighted by atomic mass is 9.99. The maximum absolute atomic E-state index is 12.4. The van der Waals surface area contributed by atoms with Crippen molar-refractivity contribution in [3.63, 3.8) is 0 Å². The van der Waals surface area contributed by atoms with E-state index in [1.807, 2.05) is 6.92 Å². The van der Waals surface area contributed by atoms with Crippen LogP contribution >= 0.6 is 0 Å². The van der Waals surface area contributed by atoms with Gasteiger partial charge in [-0.25, -0.2) is 9.59 Å². The quantitative estimate of drug-likeness (QED) is 0.787. The van der Waals surface area contributed by atoms with Crippen molar-refractivity contribution in [3.8, 4) is 0 Å². The summed E-state index contributed by atoms with van der Waals surface area (Å²) in [6.07, 6.45) is 0.619. The molecule has 0 unspecified atom stereocenters. The van der Waals surface area contributed by atoms with E-state index in [0.29, 0.717) is 17.8 Å². The second-order valence-electron chi connectivity index (χ2n) is 5.30. The van der Waals surface area contributed by atoms with E-state index in [-0.39, 0.29) is 18.4 Å². The Hall–Kier alpha value is -2.57. The van der Waals surface area contributed by atoms with Gasteiger partial charge in [0.1, 0.15) is 12.6 Å². The van der Waals surface area contributed by atoms with Gasteiger partial charge in [-0.2, -0.15) is 0 Å². The third-order valence-corrected chi connectivity index (χ3v) is 3.77. The Kier molecular flexibility index (Phi) is 4.65. The van der Waals surface area contributed by atoms with Gasteiger partial charge < -0.3 is 15.7 Å². The molecule has 3 amide bonds. The van der Waals surface area contributed by atoms with Crippen molar-refractivity contribution >= 4 is 29.3 Å². The van der Waals surface area contributed by atoms with Crippen LogP contribution in [0.4, 0.5) is 16.2 Å². The van der Waals surface area contributed by atoms with Crippen molar-refractivity contribution in [1.82, 2.24) is 5.32 Å². The fraction of sp³-hybridized carbons (Fsp3) is 0.400. The van der Waals surface area contributed by atoms with Crippen molar-refractivity contribution in [1.29, 1.82) is 0 Å². The molecule has 1 heterocycles. The number of carbonyl (C=O) groups excluding carboxylic acids is 2. The standard InChI is InChI=1S/C15H19N3O4/c1-3-9(2)13(14(20)21)17-15(22)18-8-12(19)16-10-6-4-5-7-11(10)18/h4-7,9,13H,3,8H2,1-2H3,(H,16,19)(H,17,22)(H,20,21)/t9-,13-/m1/s1. The van der Waals surface area contributed by atoms with Crippen LogP contribution in [0.1, 0.15) is 20.3 Å². The van der Waals surface area contributed by atoms with E-state index >= 15 is 0 Å². The average molecular weight is 305 g/mol. The molecule has 0 spiro atoms. The molecular weight excluding hydrogens is 286 g/mol. The number of aliphatic carboxylic acids is 1. The molecule has 0 saturated carbocycles. The van der Waals surface area contributed by atoms with Gasteiger partial charge in [-0.15, -0.1) is 0 Å². The fourth-order valence-corrected chi connectivity index (χ4v) is 2.31. The first-order valence-electron chi connectivity index (χ1n) is 7.13. The van der Waals surface area contributed by atoms with E-state index in [1.165, 1.54) is 4.90 Å². The van der Waals surface area contributed by atoms with E-state index in [1.54, 1.807) is 31.2 Å². The van der Waals surface area contributed by atoms with Gasteiger partial charge in [0.15, 0.2) is 0 Å². The predicted octanol–water partition coefficient (Wildman–Crippen LogP) is 1.65. The van der Waals surface area contributed by atoms with E-state index in [9.17, 15) is 19.5 Å². The van der Waals surface area contributed by atoms with Crippen molar-refractivity contribution in [2.24, 2.45) is 5.92 Å². The number of rotatable bonds is 4. The number of hydrogen-bond donors (Lipinski definition) is 3. The normalized spacial score (nSPS) is 16.3. The molecule has 118 valence electrons. The molecule has 0 saturated heterocycles. The number of nitrogens with zero attached hydrogens (tertiary/aromatic N) is 1. The van der Waals surface area contributed by atoms with E-state index in [2.05, 4.69) is 10.6 Å².